The second kappa shape index (κ2) is 57.6. The van der Waals surface area contributed by atoms with Gasteiger partial charge >= 0.3 is 0 Å². The summed E-state index contributed by atoms with van der Waals surface area (Å²) in [5.74, 6) is 0.000690. The molecule has 0 aliphatic carbocycles. The Bertz CT molecular complexity index is 3590. The first-order valence-corrected chi connectivity index (χ1v) is 42.7. The highest BCUT2D eigenvalue weighted by atomic mass is 32.2. The Labute approximate surface area is 691 Å². The van der Waals surface area contributed by atoms with Gasteiger partial charge in [0.05, 0.1) is 35.9 Å². The van der Waals surface area contributed by atoms with Crippen LogP contribution in [0.15, 0.2) is 151 Å². The molecule has 10 rings (SSSR count). The van der Waals surface area contributed by atoms with E-state index in [0.717, 1.165) is 39.2 Å². The molecule has 0 saturated carbocycles. The molecule has 5 aliphatic heterocycles. The smallest absolute Gasteiger partial charge is 0.293 e. The van der Waals surface area contributed by atoms with Crippen LogP contribution in [0.4, 0.5) is 4.79 Å². The number of pyridine rings is 2. The largest absolute Gasteiger partial charge is 0.300 e. The van der Waals surface area contributed by atoms with Crippen LogP contribution in [0.3, 0.4) is 0 Å². The molecule has 2 aromatic carbocycles. The van der Waals surface area contributed by atoms with Crippen LogP contribution in [0.2, 0.25) is 0 Å². The maximum atomic E-state index is 12.3. The summed E-state index contributed by atoms with van der Waals surface area (Å²) >= 11 is 28.6. The molecular formula is C81H101N7O11S10. The van der Waals surface area contributed by atoms with E-state index in [2.05, 4.69) is 9.97 Å². The molecule has 109 heavy (non-hydrogen) atoms. The lowest BCUT2D eigenvalue weighted by Crippen LogP contribution is -2.29. The predicted octanol–water partition coefficient (Wildman–Crippen LogP) is 20.1. The van der Waals surface area contributed by atoms with E-state index in [0.29, 0.717) is 139 Å². The van der Waals surface area contributed by atoms with Gasteiger partial charge < -0.3 is 24.0 Å². The third-order valence-electron chi connectivity index (χ3n) is 13.9. The van der Waals surface area contributed by atoms with Gasteiger partial charge in [-0.25, -0.2) is 0 Å². The fourth-order valence-corrected chi connectivity index (χ4v) is 15.8. The molecule has 8 heterocycles. The Morgan fingerprint density at radius 1 is 0.330 bits per heavy atom. The zero-order valence-electron chi connectivity index (χ0n) is 64.8. The van der Waals surface area contributed by atoms with Crippen LogP contribution in [-0.4, -0.2) is 148 Å². The van der Waals surface area contributed by atoms with E-state index in [1.807, 2.05) is 196 Å². The third-order valence-corrected chi connectivity index (χ3v) is 21.1. The van der Waals surface area contributed by atoms with Crippen LogP contribution < -0.4 is 0 Å². The van der Waals surface area contributed by atoms with E-state index in [-0.39, 0.29) is 63.7 Å². The van der Waals surface area contributed by atoms with Crippen molar-refractivity contribution in [1.29, 1.82) is 0 Å². The molecule has 5 fully saturated rings. The highest BCUT2D eigenvalue weighted by molar-refractivity contribution is 8.28. The molecule has 18 nitrogen and oxygen atoms in total. The number of hydrogen-bond donors (Lipinski definition) is 0. The molecule has 0 N–H and O–H groups in total. The van der Waals surface area contributed by atoms with Gasteiger partial charge in [0, 0.05) is 82.1 Å². The molecule has 0 atom stereocenters. The van der Waals surface area contributed by atoms with Crippen molar-refractivity contribution >= 4 is 230 Å². The second-order valence-corrected chi connectivity index (χ2v) is 30.7. The second-order valence-electron chi connectivity index (χ2n) is 22.0. The molecule has 0 bridgehead atoms. The number of rotatable bonds is 25. The first-order chi connectivity index (χ1) is 52.4. The number of thiophene rings is 1. The topological polar surface area (TPSA) is 230 Å². The normalized spacial score (nSPS) is 15.8. The maximum absolute atomic E-state index is 12.3. The molecule has 5 aliphatic rings. The van der Waals surface area contributed by atoms with Crippen molar-refractivity contribution in [2.75, 3.05) is 32.7 Å². The van der Waals surface area contributed by atoms with Crippen LogP contribution in [0.25, 0.3) is 30.4 Å². The molecule has 0 spiro atoms. The summed E-state index contributed by atoms with van der Waals surface area (Å²) in [6, 6.07) is 34.1. The summed E-state index contributed by atoms with van der Waals surface area (Å²) in [6.07, 6.45) is 17.7. The number of carbonyl (C=O) groups excluding carboxylic acids is 11. The zero-order chi connectivity index (χ0) is 82.0. The van der Waals surface area contributed by atoms with Gasteiger partial charge in [-0.2, -0.15) is 0 Å². The van der Waals surface area contributed by atoms with E-state index in [9.17, 15) is 52.7 Å². The van der Waals surface area contributed by atoms with Gasteiger partial charge in [0.2, 0.25) is 0 Å². The highest BCUT2D eigenvalue weighted by Crippen LogP contribution is 2.37. The van der Waals surface area contributed by atoms with Crippen LogP contribution in [0, 0.1) is 0 Å². The molecular weight excluding hydrogens is 1570 g/mol. The van der Waals surface area contributed by atoms with Gasteiger partial charge in [-0.15, -0.1) is 11.3 Å². The van der Waals surface area contributed by atoms with E-state index in [1.165, 1.54) is 58.9 Å². The Hall–Kier alpha value is -7.38. The number of hydrogen-bond acceptors (Lipinski definition) is 23. The summed E-state index contributed by atoms with van der Waals surface area (Å²) in [5.41, 5.74) is 3.34. The fraction of sp³-hybridized carbons (Fsp3) is 0.370. The minimum atomic E-state index is -0.271. The first kappa shape index (κ1) is 99.6. The molecule has 5 aromatic rings. The standard InChI is InChI=1S/C15H15NO3S.C15H15NO2S2.2C14H14N2O2S2.C13H13NO2S3.5C2H6/c2*1-11(17)6-5-9-16-14(18)13(20-15(16)19)10-12-7-3-2-4-8-12;2*1-10(17)5-4-8-16-13(18)12(20-14(16)19)9-11-6-2-3-7-15-11;1-9(15)4-2-6-14-12(16)11(19-13(14)17)8-10-5-3-7-18-10;5*1-2/h2*2-4,7-8,10H,5-6,9H2,1H3;2*2-3,6-7,9H,4-5,8H2,1H3;3,5,7-8H,2,4,6H2,1H3;5*1-2H3/b2*13-10-;2*12-9-;11-8-;;;;;. The number of Topliss-reactive ketones (excluding diaryl/α,β-unsaturated/α-hetero) is 5. The first-order valence-electron chi connectivity index (χ1n) is 36.1. The number of carbonyl (C=O) groups is 11. The number of imide groups is 1. The van der Waals surface area contributed by atoms with E-state index in [1.54, 1.807) is 89.3 Å². The molecule has 3 aromatic heterocycles. The molecule has 6 amide bonds. The number of ketones is 5. The van der Waals surface area contributed by atoms with Gasteiger partial charge in [0.25, 0.3) is 34.8 Å². The van der Waals surface area contributed by atoms with Crippen LogP contribution >= 0.6 is 119 Å². The van der Waals surface area contributed by atoms with Crippen molar-refractivity contribution in [3.8, 4) is 0 Å². The molecule has 0 radical (unpaired) electrons. The summed E-state index contributed by atoms with van der Waals surface area (Å²) in [5, 5.41) is 1.71. The van der Waals surface area contributed by atoms with Crippen LogP contribution in [-0.2, 0) is 47.9 Å². The Kier molecular flexibility index (Phi) is 52.7. The number of amides is 6. The zero-order valence-corrected chi connectivity index (χ0v) is 73.0. The van der Waals surface area contributed by atoms with E-state index in [4.69, 9.17) is 48.9 Å². The van der Waals surface area contributed by atoms with Crippen molar-refractivity contribution in [2.24, 2.45) is 0 Å². The average Bonchev–Trinajstić information content (AvgIpc) is 1.72. The minimum Gasteiger partial charge on any atom is -0.300 e. The van der Waals surface area contributed by atoms with Crippen LogP contribution in [0.1, 0.15) is 195 Å². The van der Waals surface area contributed by atoms with Crippen molar-refractivity contribution in [1.82, 2.24) is 34.5 Å². The molecule has 5 saturated heterocycles. The molecule has 28 heteroatoms. The summed E-state index contributed by atoms with van der Waals surface area (Å²) in [7, 11) is 0. The van der Waals surface area contributed by atoms with Crippen molar-refractivity contribution < 1.29 is 52.7 Å². The summed E-state index contributed by atoms with van der Waals surface area (Å²) in [6.45, 7) is 30.0. The average molecular weight is 1670 g/mol. The van der Waals surface area contributed by atoms with Crippen molar-refractivity contribution in [2.45, 2.75) is 168 Å². The fourth-order valence-electron chi connectivity index (χ4n) is 8.99. The summed E-state index contributed by atoms with van der Waals surface area (Å²) in [4.78, 5) is 147. The number of benzene rings is 2. The van der Waals surface area contributed by atoms with Crippen molar-refractivity contribution in [3.05, 3.63) is 179 Å². The predicted molar refractivity (Wildman–Crippen MR) is 474 cm³/mol. The number of thiocarbonyl (C=S) groups is 4. The lowest BCUT2D eigenvalue weighted by atomic mass is 10.2. The highest BCUT2D eigenvalue weighted by Gasteiger charge is 2.37. The third kappa shape index (κ3) is 37.5. The van der Waals surface area contributed by atoms with Gasteiger partial charge in [0.1, 0.15) is 46.2 Å². The van der Waals surface area contributed by atoms with Gasteiger partial charge in [0.15, 0.2) is 0 Å². The van der Waals surface area contributed by atoms with Crippen LogP contribution in [0.5, 0.6) is 0 Å². The lowest BCUT2D eigenvalue weighted by molar-refractivity contribution is -0.123. The Balaban J connectivity index is 0.000000661. The number of aromatic nitrogens is 2. The Morgan fingerprint density at radius 2 is 0.596 bits per heavy atom. The SMILES string of the molecule is CC.CC.CC.CC.CC.CC(=O)CCCN1C(=O)/C(=C/c2ccccc2)SC1=S.CC(=O)CCCN1C(=O)/C(=C/c2ccccn2)SC1=S.CC(=O)CCCN1C(=O)/C(=C/c2ccccn2)SC1=S.CC(=O)CCCN1C(=O)/C(=C/c2cccs2)SC1=S.CC(=O)CCCN1C(=O)S/C(=C\c2ccccc2)C1=O. The number of thioether (sulfide) groups is 5. The monoisotopic (exact) mass is 1670 g/mol. The van der Waals surface area contributed by atoms with Gasteiger partial charge in [-0.1, -0.05) is 244 Å². The van der Waals surface area contributed by atoms with E-state index < -0.39 is 0 Å². The number of nitrogens with zero attached hydrogens (tertiary/aromatic N) is 7. The maximum Gasteiger partial charge on any atom is 0.293 e. The molecule has 0 unspecified atom stereocenters. The summed E-state index contributed by atoms with van der Waals surface area (Å²) < 4.78 is 2.23. The molecule has 586 valence electrons. The Morgan fingerprint density at radius 3 is 0.872 bits per heavy atom. The quantitative estimate of drug-likeness (QED) is 0.0390. The van der Waals surface area contributed by atoms with E-state index >= 15 is 0 Å². The lowest BCUT2D eigenvalue weighted by Gasteiger charge is -2.13. The minimum absolute atomic E-state index is 0.0491. The van der Waals surface area contributed by atoms with Crippen molar-refractivity contribution in [3.63, 3.8) is 0 Å². The van der Waals surface area contributed by atoms with Gasteiger partial charge in [-0.3, -0.25) is 63.2 Å². The van der Waals surface area contributed by atoms with Gasteiger partial charge in [-0.05, 0) is 156 Å².